The minimum absolute atomic E-state index is 0.112. The Kier molecular flexibility index (Phi) is 7.45. The van der Waals surface area contributed by atoms with Crippen molar-refractivity contribution in [1.29, 1.82) is 0 Å². The van der Waals surface area contributed by atoms with Gasteiger partial charge in [-0.2, -0.15) is 0 Å². The molecule has 0 saturated heterocycles. The molecular weight excluding hydrogens is 451 g/mol. The van der Waals surface area contributed by atoms with Gasteiger partial charge in [-0.25, -0.2) is 14.0 Å². The van der Waals surface area contributed by atoms with E-state index in [1.165, 1.54) is 17.0 Å². The van der Waals surface area contributed by atoms with E-state index in [0.717, 1.165) is 31.2 Å². The largest absolute Gasteiger partial charge is 0.487 e. The fourth-order valence-corrected chi connectivity index (χ4v) is 5.12. The highest BCUT2D eigenvalue weighted by Gasteiger charge is 2.40. The summed E-state index contributed by atoms with van der Waals surface area (Å²) in [6, 6.07) is 8.64. The van der Waals surface area contributed by atoms with E-state index in [-0.39, 0.29) is 25.0 Å². The minimum Gasteiger partial charge on any atom is -0.487 e. The van der Waals surface area contributed by atoms with Gasteiger partial charge in [0.15, 0.2) is 0 Å². The number of ether oxygens (including phenoxy) is 1. The molecule has 2 aliphatic heterocycles. The number of halogens is 1. The zero-order chi connectivity index (χ0) is 25.0. The quantitative estimate of drug-likeness (QED) is 0.416. The number of hydrogen-bond acceptors (Lipinski definition) is 4. The van der Waals surface area contributed by atoms with Crippen LogP contribution in [0.4, 0.5) is 25.4 Å². The Morgan fingerprint density at radius 2 is 2.00 bits per heavy atom. The first-order valence-corrected chi connectivity index (χ1v) is 12.2. The summed E-state index contributed by atoms with van der Waals surface area (Å²) in [5.41, 5.74) is 2.25. The zero-order valence-electron chi connectivity index (χ0n) is 20.2. The number of aliphatic hydroxyl groups excluding tert-OH is 1. The van der Waals surface area contributed by atoms with Crippen LogP contribution in [0.1, 0.15) is 63.1 Å². The van der Waals surface area contributed by atoms with Crippen molar-refractivity contribution < 1.29 is 23.8 Å². The van der Waals surface area contributed by atoms with Crippen LogP contribution in [0, 0.1) is 5.82 Å². The first-order valence-electron chi connectivity index (χ1n) is 12.2. The predicted octanol–water partition coefficient (Wildman–Crippen LogP) is 5.15. The number of carbonyl (C=O) groups is 2. The molecule has 8 nitrogen and oxygen atoms in total. The monoisotopic (exact) mass is 484 g/mol. The van der Waals surface area contributed by atoms with Gasteiger partial charge in [0.05, 0.1) is 12.6 Å². The van der Waals surface area contributed by atoms with E-state index < -0.39 is 17.7 Å². The van der Waals surface area contributed by atoms with Gasteiger partial charge in [-0.1, -0.05) is 32.8 Å². The van der Waals surface area contributed by atoms with Gasteiger partial charge < -0.3 is 30.7 Å². The number of aliphatic hydroxyl groups is 1. The molecule has 0 aliphatic carbocycles. The third-order valence-electron chi connectivity index (χ3n) is 6.59. The first kappa shape index (κ1) is 24.8. The van der Waals surface area contributed by atoms with Gasteiger partial charge in [0.25, 0.3) is 0 Å². The molecule has 2 aromatic carbocycles. The number of amides is 4. The summed E-state index contributed by atoms with van der Waals surface area (Å²) >= 11 is 0. The first-order chi connectivity index (χ1) is 16.9. The SMILES string of the molecule is CCCC1(CCC)C[C@@H](NC(=O)Nc2ccc3c(c2)NC(=O)N(CCO)C3)c2cc(F)ccc2O1. The fraction of sp³-hybridized carbons (Fsp3) is 0.462. The third kappa shape index (κ3) is 5.51. The second-order valence-electron chi connectivity index (χ2n) is 9.27. The van der Waals surface area contributed by atoms with Crippen molar-refractivity contribution >= 4 is 23.4 Å². The molecule has 0 unspecified atom stereocenters. The normalized spacial score (nSPS) is 18.1. The van der Waals surface area contributed by atoms with Gasteiger partial charge in [-0.05, 0) is 48.7 Å². The molecule has 0 saturated carbocycles. The maximum Gasteiger partial charge on any atom is 0.322 e. The van der Waals surface area contributed by atoms with E-state index in [2.05, 4.69) is 29.8 Å². The lowest BCUT2D eigenvalue weighted by atomic mass is 9.81. The van der Waals surface area contributed by atoms with Gasteiger partial charge in [0, 0.05) is 36.4 Å². The summed E-state index contributed by atoms with van der Waals surface area (Å²) in [6.07, 6.45) is 4.11. The van der Waals surface area contributed by atoms with Crippen molar-refractivity contribution in [3.63, 3.8) is 0 Å². The Bertz CT molecular complexity index is 1090. The van der Waals surface area contributed by atoms with E-state index in [1.54, 1.807) is 18.2 Å². The topological polar surface area (TPSA) is 103 Å². The molecular formula is C26H33FN4O4. The molecule has 0 aromatic heterocycles. The van der Waals surface area contributed by atoms with Crippen molar-refractivity contribution in [2.75, 3.05) is 23.8 Å². The highest BCUT2D eigenvalue weighted by atomic mass is 19.1. The van der Waals surface area contributed by atoms with Gasteiger partial charge in [0.1, 0.15) is 17.2 Å². The van der Waals surface area contributed by atoms with Crippen molar-refractivity contribution in [2.24, 2.45) is 0 Å². The second kappa shape index (κ2) is 10.5. The molecule has 4 N–H and O–H groups in total. The van der Waals surface area contributed by atoms with Gasteiger partial charge in [0.2, 0.25) is 0 Å². The van der Waals surface area contributed by atoms with Crippen LogP contribution in [0.3, 0.4) is 0 Å². The van der Waals surface area contributed by atoms with Crippen LogP contribution in [0.5, 0.6) is 5.75 Å². The average Bonchev–Trinajstić information content (AvgIpc) is 2.81. The Balaban J connectivity index is 1.51. The molecule has 2 aliphatic rings. The molecule has 0 fully saturated rings. The number of urea groups is 2. The Morgan fingerprint density at radius 3 is 2.71 bits per heavy atom. The van der Waals surface area contributed by atoms with E-state index in [4.69, 9.17) is 9.84 Å². The van der Waals surface area contributed by atoms with Crippen LogP contribution < -0.4 is 20.7 Å². The lowest BCUT2D eigenvalue weighted by Gasteiger charge is -2.42. The van der Waals surface area contributed by atoms with Crippen LogP contribution in [0.2, 0.25) is 0 Å². The minimum atomic E-state index is -0.419. The summed E-state index contributed by atoms with van der Waals surface area (Å²) in [6.45, 7) is 4.73. The van der Waals surface area contributed by atoms with E-state index in [0.29, 0.717) is 35.7 Å². The standard InChI is InChI=1S/C26H33FN4O4/c1-3-9-26(10-4-2)15-22(20-13-18(27)6-8-23(20)35-26)29-24(33)28-19-7-5-17-16-31(11-12-32)25(34)30-21(17)14-19/h5-8,13-14,22,32H,3-4,9-12,15-16H2,1-2H3,(H,30,34)(H2,28,29,33)/t22-/m1/s1. The molecule has 9 heteroatoms. The van der Waals surface area contributed by atoms with Crippen molar-refractivity contribution in [3.05, 3.63) is 53.3 Å². The average molecular weight is 485 g/mol. The summed E-state index contributed by atoms with van der Waals surface area (Å²) < 4.78 is 20.5. The molecule has 188 valence electrons. The number of carbonyl (C=O) groups excluding carboxylic acids is 2. The molecule has 1 atom stereocenters. The number of rotatable bonds is 8. The number of anilines is 2. The van der Waals surface area contributed by atoms with E-state index >= 15 is 0 Å². The Morgan fingerprint density at radius 1 is 1.23 bits per heavy atom. The smallest absolute Gasteiger partial charge is 0.322 e. The van der Waals surface area contributed by atoms with Crippen LogP contribution in [0.15, 0.2) is 36.4 Å². The fourth-order valence-electron chi connectivity index (χ4n) is 5.12. The van der Waals surface area contributed by atoms with Crippen molar-refractivity contribution in [3.8, 4) is 5.75 Å². The van der Waals surface area contributed by atoms with Crippen LogP contribution in [-0.2, 0) is 6.54 Å². The summed E-state index contributed by atoms with van der Waals surface area (Å²) in [5.74, 6) is 0.229. The molecule has 4 rings (SSSR count). The molecule has 2 heterocycles. The van der Waals surface area contributed by atoms with Crippen LogP contribution in [0.25, 0.3) is 0 Å². The summed E-state index contributed by atoms with van der Waals surface area (Å²) in [5, 5.41) is 17.8. The maximum absolute atomic E-state index is 14.1. The van der Waals surface area contributed by atoms with Gasteiger partial charge in [-0.15, -0.1) is 0 Å². The van der Waals surface area contributed by atoms with Gasteiger partial charge >= 0.3 is 12.1 Å². The molecule has 0 radical (unpaired) electrons. The van der Waals surface area contributed by atoms with Crippen LogP contribution >= 0.6 is 0 Å². The van der Waals surface area contributed by atoms with Gasteiger partial charge in [-0.3, -0.25) is 0 Å². The number of benzene rings is 2. The van der Waals surface area contributed by atoms with Crippen molar-refractivity contribution in [2.45, 2.75) is 64.1 Å². The second-order valence-corrected chi connectivity index (χ2v) is 9.27. The molecule has 0 spiro atoms. The van der Waals surface area contributed by atoms with Crippen molar-refractivity contribution in [1.82, 2.24) is 10.2 Å². The highest BCUT2D eigenvalue weighted by molar-refractivity contribution is 5.95. The summed E-state index contributed by atoms with van der Waals surface area (Å²) in [7, 11) is 0. The number of nitrogens with zero attached hydrogens (tertiary/aromatic N) is 1. The number of fused-ring (bicyclic) bond motifs is 2. The summed E-state index contributed by atoms with van der Waals surface area (Å²) in [4.78, 5) is 26.7. The number of nitrogens with one attached hydrogen (secondary N) is 3. The maximum atomic E-state index is 14.1. The van der Waals surface area contributed by atoms with E-state index in [9.17, 15) is 14.0 Å². The zero-order valence-corrected chi connectivity index (χ0v) is 20.2. The molecule has 2 aromatic rings. The van der Waals surface area contributed by atoms with Crippen LogP contribution in [-0.4, -0.2) is 40.8 Å². The predicted molar refractivity (Wildman–Crippen MR) is 132 cm³/mol. The number of hydrogen-bond donors (Lipinski definition) is 4. The Hall–Kier alpha value is -3.33. The third-order valence-corrected chi connectivity index (χ3v) is 6.59. The molecule has 4 amide bonds. The lowest BCUT2D eigenvalue weighted by molar-refractivity contribution is 0.0145. The van der Waals surface area contributed by atoms with E-state index in [1.807, 2.05) is 6.07 Å². The molecule has 35 heavy (non-hydrogen) atoms. The highest BCUT2D eigenvalue weighted by Crippen LogP contribution is 2.44. The number of β-amino-alcohol motifs (C(OH)–C–C–N with tert-alkyl or cyclic N) is 1. The Labute approximate surface area is 204 Å². The molecule has 0 bridgehead atoms. The lowest BCUT2D eigenvalue weighted by Crippen LogP contribution is -2.46.